The summed E-state index contributed by atoms with van der Waals surface area (Å²) in [5.41, 5.74) is 1.03. The number of hydrogen-bond donors (Lipinski definition) is 1. The van der Waals surface area contributed by atoms with Crippen molar-refractivity contribution in [2.45, 2.75) is 39.7 Å². The van der Waals surface area contributed by atoms with Gasteiger partial charge in [0.25, 0.3) is 0 Å². The first-order valence-electron chi connectivity index (χ1n) is 9.93. The Labute approximate surface area is 165 Å². The Bertz CT molecular complexity index is 999. The van der Waals surface area contributed by atoms with Gasteiger partial charge in [0, 0.05) is 23.4 Å². The molecule has 0 aliphatic heterocycles. The zero-order valence-electron chi connectivity index (χ0n) is 16.8. The molecule has 1 heterocycles. The normalized spacial score (nSPS) is 31.6. The van der Waals surface area contributed by atoms with Crippen LogP contribution in [0.4, 0.5) is 0 Å². The van der Waals surface area contributed by atoms with Crippen LogP contribution in [0.3, 0.4) is 0 Å². The molecule has 0 amide bonds. The van der Waals surface area contributed by atoms with Gasteiger partial charge in [0.2, 0.25) is 0 Å². The zero-order valence-corrected chi connectivity index (χ0v) is 16.8. The fourth-order valence-corrected chi connectivity index (χ4v) is 5.26. The fraction of sp³-hybridized carbons (Fsp3) is 0.458. The summed E-state index contributed by atoms with van der Waals surface area (Å²) in [6, 6.07) is 8.74. The highest BCUT2D eigenvalue weighted by Crippen LogP contribution is 2.58. The van der Waals surface area contributed by atoms with Crippen molar-refractivity contribution in [3.63, 3.8) is 0 Å². The highest BCUT2D eigenvalue weighted by Gasteiger charge is 2.54. The van der Waals surface area contributed by atoms with Gasteiger partial charge in [-0.15, -0.1) is 0 Å². The van der Waals surface area contributed by atoms with Crippen LogP contribution in [0, 0.1) is 22.7 Å². The SMILES string of the molecule is C=C1C=CC2C(C)(C)C(O)CCC2(C)C1COc1ccc2ccc(=O)oc2c1. The minimum atomic E-state index is -0.367. The fourth-order valence-electron chi connectivity index (χ4n) is 5.26. The number of aliphatic hydroxyl groups is 1. The van der Waals surface area contributed by atoms with Crippen LogP contribution in [0.2, 0.25) is 0 Å². The molecule has 0 spiro atoms. The Balaban J connectivity index is 1.60. The second kappa shape index (κ2) is 6.63. The summed E-state index contributed by atoms with van der Waals surface area (Å²) in [6.45, 7) is 11.4. The number of ether oxygens (including phenoxy) is 1. The molecular formula is C24H28O4. The van der Waals surface area contributed by atoms with Crippen LogP contribution in [0.1, 0.15) is 33.6 Å². The lowest BCUT2D eigenvalue weighted by atomic mass is 9.49. The molecule has 2 aromatic rings. The molecule has 2 aliphatic rings. The van der Waals surface area contributed by atoms with Crippen LogP contribution >= 0.6 is 0 Å². The molecule has 4 nitrogen and oxygen atoms in total. The summed E-state index contributed by atoms with van der Waals surface area (Å²) in [6.07, 6.45) is 5.75. The van der Waals surface area contributed by atoms with Crippen molar-refractivity contribution < 1.29 is 14.3 Å². The molecule has 4 rings (SSSR count). The Morgan fingerprint density at radius 2 is 2.00 bits per heavy atom. The molecule has 4 unspecified atom stereocenters. The molecule has 0 radical (unpaired) electrons. The van der Waals surface area contributed by atoms with E-state index in [9.17, 15) is 9.90 Å². The summed E-state index contributed by atoms with van der Waals surface area (Å²) < 4.78 is 11.4. The number of aliphatic hydroxyl groups excluding tert-OH is 1. The Kier molecular flexibility index (Phi) is 4.50. The maximum atomic E-state index is 11.5. The molecule has 1 saturated carbocycles. The van der Waals surface area contributed by atoms with Crippen LogP contribution in [-0.2, 0) is 0 Å². The molecule has 4 heteroatoms. The van der Waals surface area contributed by atoms with Crippen molar-refractivity contribution in [2.24, 2.45) is 22.7 Å². The van der Waals surface area contributed by atoms with E-state index in [0.29, 0.717) is 17.9 Å². The third-order valence-electron chi connectivity index (χ3n) is 7.08. The largest absolute Gasteiger partial charge is 0.493 e. The Morgan fingerprint density at radius 3 is 2.79 bits per heavy atom. The molecule has 1 fully saturated rings. The van der Waals surface area contributed by atoms with E-state index >= 15 is 0 Å². The van der Waals surface area contributed by atoms with Gasteiger partial charge in [-0.25, -0.2) is 4.79 Å². The van der Waals surface area contributed by atoms with E-state index in [-0.39, 0.29) is 34.4 Å². The average Bonchev–Trinajstić information content (AvgIpc) is 2.64. The van der Waals surface area contributed by atoms with Gasteiger partial charge in [0.15, 0.2) is 0 Å². The van der Waals surface area contributed by atoms with Gasteiger partial charge in [-0.3, -0.25) is 0 Å². The summed E-state index contributed by atoms with van der Waals surface area (Å²) >= 11 is 0. The minimum absolute atomic E-state index is 0.0159. The highest BCUT2D eigenvalue weighted by atomic mass is 16.5. The molecule has 0 saturated heterocycles. The average molecular weight is 380 g/mol. The molecule has 0 bridgehead atoms. The lowest BCUT2D eigenvalue weighted by Crippen LogP contribution is -2.54. The van der Waals surface area contributed by atoms with E-state index in [1.54, 1.807) is 12.1 Å². The van der Waals surface area contributed by atoms with Gasteiger partial charge in [0.05, 0.1) is 12.7 Å². The molecule has 1 N–H and O–H groups in total. The third kappa shape index (κ3) is 3.00. The lowest BCUT2D eigenvalue weighted by molar-refractivity contribution is -0.0982. The number of rotatable bonds is 3. The Morgan fingerprint density at radius 1 is 1.25 bits per heavy atom. The van der Waals surface area contributed by atoms with Gasteiger partial charge in [-0.2, -0.15) is 0 Å². The maximum absolute atomic E-state index is 11.5. The summed E-state index contributed by atoms with van der Waals surface area (Å²) in [5, 5.41) is 11.4. The smallest absolute Gasteiger partial charge is 0.336 e. The lowest BCUT2D eigenvalue weighted by Gasteiger charge is -2.57. The predicted octanol–water partition coefficient (Wildman–Crippen LogP) is 4.72. The van der Waals surface area contributed by atoms with E-state index in [4.69, 9.17) is 9.15 Å². The first kappa shape index (κ1) is 19.0. The quantitative estimate of drug-likeness (QED) is 0.783. The standard InChI is InChI=1S/C24H28O4/c1-15-5-9-20-23(2,3)21(25)11-12-24(20,4)18(15)14-27-17-8-6-16-7-10-22(26)28-19(16)13-17/h5-10,13,18,20-21,25H,1,11-12,14H2,2-4H3. The van der Waals surface area contributed by atoms with Crippen LogP contribution in [0.15, 0.2) is 63.8 Å². The first-order valence-corrected chi connectivity index (χ1v) is 9.93. The van der Waals surface area contributed by atoms with Gasteiger partial charge in [-0.1, -0.05) is 39.5 Å². The number of fused-ring (bicyclic) bond motifs is 2. The summed E-state index contributed by atoms with van der Waals surface area (Å²) in [4.78, 5) is 11.5. The topological polar surface area (TPSA) is 59.7 Å². The number of benzene rings is 1. The molecule has 2 aliphatic carbocycles. The second-order valence-electron chi connectivity index (χ2n) is 9.11. The van der Waals surface area contributed by atoms with E-state index in [0.717, 1.165) is 23.8 Å². The van der Waals surface area contributed by atoms with Crippen molar-refractivity contribution in [3.8, 4) is 5.75 Å². The molecular weight excluding hydrogens is 352 g/mol. The van der Waals surface area contributed by atoms with E-state index in [2.05, 4.69) is 39.5 Å². The second-order valence-corrected chi connectivity index (χ2v) is 9.11. The first-order chi connectivity index (χ1) is 13.2. The van der Waals surface area contributed by atoms with Crippen LogP contribution < -0.4 is 10.4 Å². The summed E-state index contributed by atoms with van der Waals surface area (Å²) in [5.74, 6) is 1.10. The van der Waals surface area contributed by atoms with Crippen molar-refractivity contribution in [1.82, 2.24) is 0 Å². The van der Waals surface area contributed by atoms with Crippen molar-refractivity contribution in [2.75, 3.05) is 6.61 Å². The van der Waals surface area contributed by atoms with Gasteiger partial charge < -0.3 is 14.3 Å². The van der Waals surface area contributed by atoms with Crippen molar-refractivity contribution in [1.29, 1.82) is 0 Å². The van der Waals surface area contributed by atoms with Crippen LogP contribution in [0.25, 0.3) is 11.0 Å². The number of allylic oxidation sites excluding steroid dienone is 2. The molecule has 4 atom stereocenters. The summed E-state index contributed by atoms with van der Waals surface area (Å²) in [7, 11) is 0. The number of hydrogen-bond acceptors (Lipinski definition) is 4. The predicted molar refractivity (Wildman–Crippen MR) is 110 cm³/mol. The van der Waals surface area contributed by atoms with E-state index in [1.165, 1.54) is 6.07 Å². The van der Waals surface area contributed by atoms with E-state index < -0.39 is 0 Å². The Hall–Kier alpha value is -2.33. The minimum Gasteiger partial charge on any atom is -0.493 e. The third-order valence-corrected chi connectivity index (χ3v) is 7.08. The highest BCUT2D eigenvalue weighted by molar-refractivity contribution is 5.77. The monoisotopic (exact) mass is 380 g/mol. The molecule has 148 valence electrons. The van der Waals surface area contributed by atoms with Gasteiger partial charge in [-0.05, 0) is 53.4 Å². The zero-order chi connectivity index (χ0) is 20.1. The van der Waals surface area contributed by atoms with Crippen LogP contribution in [-0.4, -0.2) is 17.8 Å². The van der Waals surface area contributed by atoms with Gasteiger partial charge >= 0.3 is 5.63 Å². The maximum Gasteiger partial charge on any atom is 0.336 e. The van der Waals surface area contributed by atoms with Crippen LogP contribution in [0.5, 0.6) is 5.75 Å². The van der Waals surface area contributed by atoms with Gasteiger partial charge in [0.1, 0.15) is 11.3 Å². The van der Waals surface area contributed by atoms with Crippen molar-refractivity contribution >= 4 is 11.0 Å². The molecule has 1 aromatic carbocycles. The van der Waals surface area contributed by atoms with Crippen molar-refractivity contribution in [3.05, 3.63) is 65.1 Å². The van der Waals surface area contributed by atoms with E-state index in [1.807, 2.05) is 12.1 Å². The molecule has 28 heavy (non-hydrogen) atoms. The molecule has 1 aromatic heterocycles.